The van der Waals surface area contributed by atoms with Gasteiger partial charge in [-0.15, -0.1) is 0 Å². The number of nitrogens with two attached hydrogens (primary N) is 1. The molecule has 0 radical (unpaired) electrons. The monoisotopic (exact) mass is 319 g/mol. The van der Waals surface area contributed by atoms with E-state index in [0.29, 0.717) is 37.1 Å². The fraction of sp³-hybridized carbons (Fsp3) is 0.529. The molecule has 1 saturated carbocycles. The van der Waals surface area contributed by atoms with E-state index in [9.17, 15) is 9.59 Å². The Morgan fingerprint density at radius 2 is 2.17 bits per heavy atom. The highest BCUT2D eigenvalue weighted by Gasteiger charge is 2.31. The van der Waals surface area contributed by atoms with Crippen molar-refractivity contribution >= 4 is 17.5 Å². The molecule has 2 amide bonds. The predicted octanol–water partition coefficient (Wildman–Crippen LogP) is 1.51. The van der Waals surface area contributed by atoms with Crippen LogP contribution in [-0.4, -0.2) is 31.5 Å². The Balaban J connectivity index is 1.73. The molecule has 1 aliphatic rings. The van der Waals surface area contributed by atoms with Crippen molar-refractivity contribution < 1.29 is 14.3 Å². The maximum absolute atomic E-state index is 12.1. The van der Waals surface area contributed by atoms with Crippen molar-refractivity contribution in [2.24, 2.45) is 17.6 Å². The van der Waals surface area contributed by atoms with E-state index >= 15 is 0 Å². The normalized spacial score (nSPS) is 20.1. The molecule has 0 spiro atoms. The molecular weight excluding hydrogens is 294 g/mol. The van der Waals surface area contributed by atoms with E-state index in [-0.39, 0.29) is 17.7 Å². The second-order valence-electron chi connectivity index (χ2n) is 5.88. The van der Waals surface area contributed by atoms with Gasteiger partial charge in [-0.25, -0.2) is 0 Å². The topological polar surface area (TPSA) is 93.5 Å². The standard InChI is InChI=1S/C17H25N3O3/c1-12(21)20-14-5-3-6-15(10-14)23-9-8-19-17(22)16-7-2-4-13(16)11-18/h3,5-6,10,13,16H,2,4,7-9,11,18H2,1H3,(H,19,22)(H,20,21)/t13-,16-/m1/s1. The largest absolute Gasteiger partial charge is 0.492 e. The lowest BCUT2D eigenvalue weighted by Crippen LogP contribution is -2.37. The molecule has 1 fully saturated rings. The van der Waals surface area contributed by atoms with Gasteiger partial charge in [0, 0.05) is 24.6 Å². The van der Waals surface area contributed by atoms with Gasteiger partial charge in [-0.2, -0.15) is 0 Å². The lowest BCUT2D eigenvalue weighted by molar-refractivity contribution is -0.126. The second kappa shape index (κ2) is 8.53. The number of carbonyl (C=O) groups excluding carboxylic acids is 2. The van der Waals surface area contributed by atoms with Gasteiger partial charge in [0.15, 0.2) is 0 Å². The fourth-order valence-electron chi connectivity index (χ4n) is 3.01. The van der Waals surface area contributed by atoms with Crippen molar-refractivity contribution in [2.75, 3.05) is 25.0 Å². The van der Waals surface area contributed by atoms with E-state index in [1.54, 1.807) is 12.1 Å². The summed E-state index contributed by atoms with van der Waals surface area (Å²) in [5.41, 5.74) is 6.40. The zero-order valence-corrected chi connectivity index (χ0v) is 13.5. The van der Waals surface area contributed by atoms with E-state index in [1.165, 1.54) is 6.92 Å². The Hall–Kier alpha value is -2.08. The molecule has 1 aliphatic carbocycles. The molecule has 0 aliphatic heterocycles. The van der Waals surface area contributed by atoms with Gasteiger partial charge in [-0.05, 0) is 37.4 Å². The summed E-state index contributed by atoms with van der Waals surface area (Å²) in [6, 6.07) is 7.17. The quantitative estimate of drug-likeness (QED) is 0.664. The highest BCUT2D eigenvalue weighted by molar-refractivity contribution is 5.88. The van der Waals surface area contributed by atoms with Gasteiger partial charge in [0.1, 0.15) is 12.4 Å². The summed E-state index contributed by atoms with van der Waals surface area (Å²) in [4.78, 5) is 23.2. The number of rotatable bonds is 7. The van der Waals surface area contributed by atoms with Crippen molar-refractivity contribution in [3.05, 3.63) is 24.3 Å². The summed E-state index contributed by atoms with van der Waals surface area (Å²) in [7, 11) is 0. The second-order valence-corrected chi connectivity index (χ2v) is 5.88. The molecule has 0 bridgehead atoms. The van der Waals surface area contributed by atoms with Gasteiger partial charge in [-0.1, -0.05) is 12.5 Å². The van der Waals surface area contributed by atoms with Gasteiger partial charge < -0.3 is 21.1 Å². The molecule has 2 rings (SSSR count). The number of nitrogens with one attached hydrogen (secondary N) is 2. The highest BCUT2D eigenvalue weighted by Crippen LogP contribution is 2.30. The van der Waals surface area contributed by atoms with Crippen molar-refractivity contribution in [1.29, 1.82) is 0 Å². The number of carbonyl (C=O) groups is 2. The van der Waals surface area contributed by atoms with Crippen LogP contribution >= 0.6 is 0 Å². The number of ether oxygens (including phenoxy) is 1. The first kappa shape index (κ1) is 17.3. The van der Waals surface area contributed by atoms with Crippen LogP contribution in [0.15, 0.2) is 24.3 Å². The molecule has 2 atom stereocenters. The molecule has 23 heavy (non-hydrogen) atoms. The lowest BCUT2D eigenvalue weighted by Gasteiger charge is -2.17. The number of hydrogen-bond acceptors (Lipinski definition) is 4. The van der Waals surface area contributed by atoms with E-state index in [2.05, 4.69) is 10.6 Å². The third-order valence-electron chi connectivity index (χ3n) is 4.12. The third-order valence-corrected chi connectivity index (χ3v) is 4.12. The molecule has 0 saturated heterocycles. The number of anilines is 1. The molecule has 6 nitrogen and oxygen atoms in total. The summed E-state index contributed by atoms with van der Waals surface area (Å²) in [5.74, 6) is 0.966. The smallest absolute Gasteiger partial charge is 0.223 e. The van der Waals surface area contributed by atoms with Crippen LogP contribution < -0.4 is 21.1 Å². The number of amides is 2. The third kappa shape index (κ3) is 5.25. The fourth-order valence-corrected chi connectivity index (χ4v) is 3.01. The van der Waals surface area contributed by atoms with E-state index in [0.717, 1.165) is 19.3 Å². The van der Waals surface area contributed by atoms with Crippen LogP contribution in [0.3, 0.4) is 0 Å². The molecule has 1 aromatic rings. The predicted molar refractivity (Wildman–Crippen MR) is 89.1 cm³/mol. The number of benzene rings is 1. The Labute approximate surface area is 136 Å². The minimum atomic E-state index is -0.125. The SMILES string of the molecule is CC(=O)Nc1cccc(OCCNC(=O)[C@@H]2CCC[C@@H]2CN)c1. The summed E-state index contributed by atoms with van der Waals surface area (Å²) in [6.07, 6.45) is 3.04. The summed E-state index contributed by atoms with van der Waals surface area (Å²) >= 11 is 0. The van der Waals surface area contributed by atoms with Crippen molar-refractivity contribution in [3.8, 4) is 5.75 Å². The Morgan fingerprint density at radius 3 is 2.91 bits per heavy atom. The molecule has 0 aromatic heterocycles. The van der Waals surface area contributed by atoms with Crippen LogP contribution in [0.5, 0.6) is 5.75 Å². The Kier molecular flexibility index (Phi) is 6.40. The summed E-state index contributed by atoms with van der Waals surface area (Å²) in [6.45, 7) is 2.87. The molecule has 0 heterocycles. The highest BCUT2D eigenvalue weighted by atomic mass is 16.5. The van der Waals surface area contributed by atoms with Gasteiger partial charge in [-0.3, -0.25) is 9.59 Å². The first-order valence-electron chi connectivity index (χ1n) is 8.08. The Morgan fingerprint density at radius 1 is 1.35 bits per heavy atom. The zero-order chi connectivity index (χ0) is 16.7. The number of hydrogen-bond donors (Lipinski definition) is 3. The van der Waals surface area contributed by atoms with Crippen LogP contribution in [-0.2, 0) is 9.59 Å². The van der Waals surface area contributed by atoms with Gasteiger partial charge in [0.2, 0.25) is 11.8 Å². The first-order chi connectivity index (χ1) is 11.1. The van der Waals surface area contributed by atoms with Gasteiger partial charge in [0.05, 0.1) is 6.54 Å². The van der Waals surface area contributed by atoms with E-state index in [1.807, 2.05) is 12.1 Å². The molecular formula is C17H25N3O3. The van der Waals surface area contributed by atoms with Crippen molar-refractivity contribution in [3.63, 3.8) is 0 Å². The van der Waals surface area contributed by atoms with Crippen LogP contribution in [0.4, 0.5) is 5.69 Å². The van der Waals surface area contributed by atoms with Crippen LogP contribution in [0.25, 0.3) is 0 Å². The van der Waals surface area contributed by atoms with E-state index in [4.69, 9.17) is 10.5 Å². The van der Waals surface area contributed by atoms with Crippen LogP contribution in [0, 0.1) is 11.8 Å². The summed E-state index contributed by atoms with van der Waals surface area (Å²) in [5, 5.41) is 5.62. The van der Waals surface area contributed by atoms with Gasteiger partial charge >= 0.3 is 0 Å². The van der Waals surface area contributed by atoms with Gasteiger partial charge in [0.25, 0.3) is 0 Å². The maximum Gasteiger partial charge on any atom is 0.223 e. The van der Waals surface area contributed by atoms with Crippen molar-refractivity contribution in [2.45, 2.75) is 26.2 Å². The molecule has 126 valence electrons. The van der Waals surface area contributed by atoms with Crippen LogP contribution in [0.2, 0.25) is 0 Å². The molecule has 0 unspecified atom stereocenters. The lowest BCUT2D eigenvalue weighted by atomic mass is 9.95. The Bertz CT molecular complexity index is 548. The average molecular weight is 319 g/mol. The summed E-state index contributed by atoms with van der Waals surface area (Å²) < 4.78 is 5.60. The van der Waals surface area contributed by atoms with Crippen LogP contribution in [0.1, 0.15) is 26.2 Å². The minimum absolute atomic E-state index is 0.0445. The van der Waals surface area contributed by atoms with E-state index < -0.39 is 0 Å². The molecule has 4 N–H and O–H groups in total. The molecule has 1 aromatic carbocycles. The average Bonchev–Trinajstić information content (AvgIpc) is 3.00. The van der Waals surface area contributed by atoms with Crippen molar-refractivity contribution in [1.82, 2.24) is 5.32 Å². The molecule has 6 heteroatoms. The first-order valence-corrected chi connectivity index (χ1v) is 8.08. The zero-order valence-electron chi connectivity index (χ0n) is 13.5. The maximum atomic E-state index is 12.1. The minimum Gasteiger partial charge on any atom is -0.492 e.